The third kappa shape index (κ3) is 4.95. The first-order valence-corrected chi connectivity index (χ1v) is 9.99. The van der Waals surface area contributed by atoms with Crippen molar-refractivity contribution in [2.45, 2.75) is 32.4 Å². The summed E-state index contributed by atoms with van der Waals surface area (Å²) in [6, 6.07) is 16.9. The SMILES string of the molecule is COC(=O)c1ccccc1C(=O)N(Cc1nccn1C)[C@@H](C)CCc1ccccc1. The molecule has 0 aliphatic rings. The second-order valence-electron chi connectivity index (χ2n) is 7.30. The Balaban J connectivity index is 1.88. The van der Waals surface area contributed by atoms with Gasteiger partial charge in [-0.1, -0.05) is 42.5 Å². The Bertz CT molecular complexity index is 998. The van der Waals surface area contributed by atoms with Crippen molar-refractivity contribution in [3.8, 4) is 0 Å². The molecular weight excluding hydrogens is 378 g/mol. The topological polar surface area (TPSA) is 64.4 Å². The van der Waals surface area contributed by atoms with Gasteiger partial charge in [0.05, 0.1) is 24.8 Å². The highest BCUT2D eigenvalue weighted by atomic mass is 16.5. The molecule has 1 aromatic heterocycles. The monoisotopic (exact) mass is 405 g/mol. The average Bonchev–Trinajstić information content (AvgIpc) is 3.19. The summed E-state index contributed by atoms with van der Waals surface area (Å²) in [6.45, 7) is 2.39. The molecule has 1 atom stereocenters. The first-order chi connectivity index (χ1) is 14.5. The van der Waals surface area contributed by atoms with E-state index in [1.807, 2.05) is 42.9 Å². The lowest BCUT2D eigenvalue weighted by Gasteiger charge is -2.30. The molecule has 0 aliphatic heterocycles. The second kappa shape index (κ2) is 9.87. The van der Waals surface area contributed by atoms with Gasteiger partial charge in [0.25, 0.3) is 5.91 Å². The van der Waals surface area contributed by atoms with E-state index in [9.17, 15) is 9.59 Å². The van der Waals surface area contributed by atoms with Crippen LogP contribution in [-0.2, 0) is 24.8 Å². The molecule has 6 nitrogen and oxygen atoms in total. The lowest BCUT2D eigenvalue weighted by atomic mass is 10.0. The zero-order chi connectivity index (χ0) is 21.5. The predicted octanol–water partition coefficient (Wildman–Crippen LogP) is 3.87. The van der Waals surface area contributed by atoms with E-state index < -0.39 is 5.97 Å². The van der Waals surface area contributed by atoms with E-state index in [-0.39, 0.29) is 17.5 Å². The molecule has 0 N–H and O–H groups in total. The van der Waals surface area contributed by atoms with Gasteiger partial charge in [-0.2, -0.15) is 0 Å². The van der Waals surface area contributed by atoms with Crippen molar-refractivity contribution in [2.24, 2.45) is 7.05 Å². The van der Waals surface area contributed by atoms with Gasteiger partial charge >= 0.3 is 5.97 Å². The molecule has 0 bridgehead atoms. The molecule has 0 unspecified atom stereocenters. The highest BCUT2D eigenvalue weighted by Crippen LogP contribution is 2.19. The smallest absolute Gasteiger partial charge is 0.338 e. The van der Waals surface area contributed by atoms with Crippen molar-refractivity contribution >= 4 is 11.9 Å². The summed E-state index contributed by atoms with van der Waals surface area (Å²) in [6.07, 6.45) is 5.22. The van der Waals surface area contributed by atoms with Crippen molar-refractivity contribution in [1.29, 1.82) is 0 Å². The van der Waals surface area contributed by atoms with Crippen LogP contribution < -0.4 is 0 Å². The minimum Gasteiger partial charge on any atom is -0.465 e. The average molecular weight is 405 g/mol. The van der Waals surface area contributed by atoms with Gasteiger partial charge in [0.2, 0.25) is 0 Å². The molecule has 3 rings (SSSR count). The van der Waals surface area contributed by atoms with Crippen molar-refractivity contribution in [3.63, 3.8) is 0 Å². The molecule has 156 valence electrons. The molecule has 0 radical (unpaired) electrons. The van der Waals surface area contributed by atoms with Gasteiger partial charge in [0, 0.05) is 25.5 Å². The molecule has 0 aliphatic carbocycles. The molecule has 1 heterocycles. The third-order valence-corrected chi connectivity index (χ3v) is 5.28. The van der Waals surface area contributed by atoms with Crippen molar-refractivity contribution in [3.05, 3.63) is 89.5 Å². The van der Waals surface area contributed by atoms with E-state index in [0.717, 1.165) is 18.7 Å². The maximum Gasteiger partial charge on any atom is 0.338 e. The quantitative estimate of drug-likeness (QED) is 0.534. The molecule has 3 aromatic rings. The van der Waals surface area contributed by atoms with E-state index in [1.165, 1.54) is 12.7 Å². The summed E-state index contributed by atoms with van der Waals surface area (Å²) >= 11 is 0. The summed E-state index contributed by atoms with van der Waals surface area (Å²) < 4.78 is 6.77. The van der Waals surface area contributed by atoms with Gasteiger partial charge in [-0.3, -0.25) is 4.79 Å². The number of amides is 1. The normalized spacial score (nSPS) is 11.7. The Morgan fingerprint density at radius 1 is 1.07 bits per heavy atom. The van der Waals surface area contributed by atoms with Crippen molar-refractivity contribution in [2.75, 3.05) is 7.11 Å². The number of imidazole rings is 1. The van der Waals surface area contributed by atoms with E-state index in [4.69, 9.17) is 4.74 Å². The van der Waals surface area contributed by atoms with Gasteiger partial charge < -0.3 is 14.2 Å². The summed E-state index contributed by atoms with van der Waals surface area (Å²) in [5.41, 5.74) is 1.83. The zero-order valence-corrected chi connectivity index (χ0v) is 17.6. The van der Waals surface area contributed by atoms with Gasteiger partial charge in [0.15, 0.2) is 0 Å². The third-order valence-electron chi connectivity index (χ3n) is 5.28. The van der Waals surface area contributed by atoms with Crippen LogP contribution in [0.5, 0.6) is 0 Å². The lowest BCUT2D eigenvalue weighted by molar-refractivity contribution is 0.0578. The minimum atomic E-state index is -0.521. The largest absolute Gasteiger partial charge is 0.465 e. The standard InChI is InChI=1S/C24H27N3O3/c1-18(13-14-19-9-5-4-6-10-19)27(17-22-25-15-16-26(22)2)23(28)20-11-7-8-12-21(20)24(29)30-3/h4-12,15-16,18H,13-14,17H2,1-3H3/t18-/m0/s1. The zero-order valence-electron chi connectivity index (χ0n) is 17.6. The molecule has 6 heteroatoms. The summed E-state index contributed by atoms with van der Waals surface area (Å²) in [4.78, 5) is 31.9. The number of aromatic nitrogens is 2. The number of benzene rings is 2. The summed E-state index contributed by atoms with van der Waals surface area (Å²) in [7, 11) is 3.22. The van der Waals surface area contributed by atoms with Crippen LogP contribution in [0, 0.1) is 0 Å². The van der Waals surface area contributed by atoms with Crippen LogP contribution >= 0.6 is 0 Å². The van der Waals surface area contributed by atoms with E-state index in [0.29, 0.717) is 12.1 Å². The van der Waals surface area contributed by atoms with E-state index >= 15 is 0 Å². The maximum absolute atomic E-state index is 13.6. The van der Waals surface area contributed by atoms with Crippen LogP contribution in [-0.4, -0.2) is 39.5 Å². The Kier molecular flexibility index (Phi) is 7.01. The van der Waals surface area contributed by atoms with E-state index in [2.05, 4.69) is 17.1 Å². The molecule has 0 saturated carbocycles. The fourth-order valence-electron chi connectivity index (χ4n) is 3.42. The number of hydrogen-bond acceptors (Lipinski definition) is 4. The summed E-state index contributed by atoms with van der Waals surface area (Å²) in [5, 5.41) is 0. The maximum atomic E-state index is 13.6. The first-order valence-electron chi connectivity index (χ1n) is 9.99. The molecule has 30 heavy (non-hydrogen) atoms. The first kappa shape index (κ1) is 21.3. The highest BCUT2D eigenvalue weighted by molar-refractivity contribution is 6.05. The Morgan fingerprint density at radius 2 is 1.73 bits per heavy atom. The van der Waals surface area contributed by atoms with Gasteiger partial charge in [-0.25, -0.2) is 9.78 Å². The van der Waals surface area contributed by atoms with Crippen molar-refractivity contribution in [1.82, 2.24) is 14.5 Å². The van der Waals surface area contributed by atoms with Gasteiger partial charge in [0.1, 0.15) is 5.82 Å². The number of methoxy groups -OCH3 is 1. The number of carbonyl (C=O) groups excluding carboxylic acids is 2. The molecular formula is C24H27N3O3. The number of rotatable bonds is 8. The van der Waals surface area contributed by atoms with Gasteiger partial charge in [-0.15, -0.1) is 0 Å². The minimum absolute atomic E-state index is 0.0555. The number of ether oxygens (including phenoxy) is 1. The second-order valence-corrected chi connectivity index (χ2v) is 7.30. The number of aryl methyl sites for hydroxylation is 2. The molecule has 0 spiro atoms. The number of hydrogen-bond donors (Lipinski definition) is 0. The fraction of sp³-hybridized carbons (Fsp3) is 0.292. The molecule has 1 amide bonds. The molecule has 0 saturated heterocycles. The Labute approximate surface area is 177 Å². The number of esters is 1. The van der Waals surface area contributed by atoms with Crippen LogP contribution in [0.4, 0.5) is 0 Å². The van der Waals surface area contributed by atoms with Crippen LogP contribution in [0.3, 0.4) is 0 Å². The van der Waals surface area contributed by atoms with Gasteiger partial charge in [-0.05, 0) is 37.5 Å². The Morgan fingerprint density at radius 3 is 2.37 bits per heavy atom. The van der Waals surface area contributed by atoms with Crippen molar-refractivity contribution < 1.29 is 14.3 Å². The van der Waals surface area contributed by atoms with Crippen LogP contribution in [0.1, 0.15) is 45.4 Å². The highest BCUT2D eigenvalue weighted by Gasteiger charge is 2.26. The Hall–Kier alpha value is -3.41. The number of carbonyl (C=O) groups is 2. The fourth-order valence-corrected chi connectivity index (χ4v) is 3.42. The molecule has 0 fully saturated rings. The lowest BCUT2D eigenvalue weighted by Crippen LogP contribution is -2.39. The molecule has 2 aromatic carbocycles. The van der Waals surface area contributed by atoms with E-state index in [1.54, 1.807) is 35.4 Å². The van der Waals surface area contributed by atoms with Crippen LogP contribution in [0.25, 0.3) is 0 Å². The van der Waals surface area contributed by atoms with Crippen LogP contribution in [0.15, 0.2) is 67.0 Å². The predicted molar refractivity (Wildman–Crippen MR) is 115 cm³/mol. The van der Waals surface area contributed by atoms with Crippen LogP contribution in [0.2, 0.25) is 0 Å². The number of nitrogens with zero attached hydrogens (tertiary/aromatic N) is 3. The summed E-state index contributed by atoms with van der Waals surface area (Å²) in [5.74, 6) is 0.0536.